The highest BCUT2D eigenvalue weighted by Crippen LogP contribution is 2.19. The van der Waals surface area contributed by atoms with Gasteiger partial charge < -0.3 is 10.1 Å². The van der Waals surface area contributed by atoms with Crippen LogP contribution in [0.25, 0.3) is 0 Å². The second kappa shape index (κ2) is 7.09. The molecule has 2 aromatic rings. The smallest absolute Gasteiger partial charge is 0.262 e. The van der Waals surface area contributed by atoms with Crippen LogP contribution in [0.5, 0.6) is 5.75 Å². The fourth-order valence-corrected chi connectivity index (χ4v) is 2.43. The third-order valence-corrected chi connectivity index (χ3v) is 3.50. The number of nitrogens with zero attached hydrogens (tertiary/aromatic N) is 1. The second-order valence-corrected chi connectivity index (χ2v) is 5.65. The molecule has 0 heterocycles. The van der Waals surface area contributed by atoms with Crippen molar-refractivity contribution in [2.24, 2.45) is 0 Å². The number of nitrogens with one attached hydrogen (secondary N) is 1. The maximum absolute atomic E-state index is 11.9. The van der Waals surface area contributed by atoms with Crippen molar-refractivity contribution >= 4 is 34.2 Å². The van der Waals surface area contributed by atoms with E-state index in [0.717, 1.165) is 14.8 Å². The lowest BCUT2D eigenvalue weighted by atomic mass is 10.2. The number of para-hydroxylation sites is 1. The summed E-state index contributed by atoms with van der Waals surface area (Å²) in [5.74, 6) is 0.154. The van der Waals surface area contributed by atoms with Gasteiger partial charge in [-0.2, -0.15) is 5.26 Å². The summed E-state index contributed by atoms with van der Waals surface area (Å²) in [6.07, 6.45) is 0. The van der Waals surface area contributed by atoms with E-state index in [9.17, 15) is 4.79 Å². The van der Waals surface area contributed by atoms with E-state index in [2.05, 4.69) is 27.9 Å². The maximum atomic E-state index is 11.9. The molecule has 0 aromatic heterocycles. The molecule has 0 aliphatic carbocycles. The molecule has 4 nitrogen and oxygen atoms in total. The molecule has 0 spiro atoms. The lowest BCUT2D eigenvalue weighted by Crippen LogP contribution is -2.20. The van der Waals surface area contributed by atoms with Gasteiger partial charge in [-0.25, -0.2) is 0 Å². The number of amides is 1. The summed E-state index contributed by atoms with van der Waals surface area (Å²) in [6, 6.07) is 14.6. The number of aryl methyl sites for hydroxylation is 1. The molecular formula is C16H13IN2O2. The van der Waals surface area contributed by atoms with E-state index in [1.165, 1.54) is 0 Å². The summed E-state index contributed by atoms with van der Waals surface area (Å²) in [7, 11) is 0. The normalized spacial score (nSPS) is 9.76. The Bertz CT molecular complexity index is 708. The Morgan fingerprint density at radius 2 is 2.10 bits per heavy atom. The van der Waals surface area contributed by atoms with Gasteiger partial charge in [0.05, 0.1) is 5.56 Å². The van der Waals surface area contributed by atoms with Crippen molar-refractivity contribution in [2.75, 3.05) is 11.9 Å². The van der Waals surface area contributed by atoms with E-state index >= 15 is 0 Å². The molecule has 0 aliphatic rings. The molecule has 2 aromatic carbocycles. The van der Waals surface area contributed by atoms with E-state index in [-0.39, 0.29) is 12.5 Å². The minimum Gasteiger partial charge on any atom is -0.482 e. The van der Waals surface area contributed by atoms with Crippen LogP contribution in [0.4, 0.5) is 5.69 Å². The van der Waals surface area contributed by atoms with E-state index in [1.54, 1.807) is 24.3 Å². The predicted molar refractivity (Wildman–Crippen MR) is 89.2 cm³/mol. The molecule has 0 aliphatic heterocycles. The Balaban J connectivity index is 1.98. The first-order valence-corrected chi connectivity index (χ1v) is 7.36. The van der Waals surface area contributed by atoms with Crippen molar-refractivity contribution in [3.8, 4) is 11.8 Å². The lowest BCUT2D eigenvalue weighted by Gasteiger charge is -2.10. The number of ether oxygens (including phenoxy) is 1. The van der Waals surface area contributed by atoms with Crippen LogP contribution in [0.3, 0.4) is 0 Å². The summed E-state index contributed by atoms with van der Waals surface area (Å²) < 4.78 is 6.50. The lowest BCUT2D eigenvalue weighted by molar-refractivity contribution is -0.118. The fraction of sp³-hybridized carbons (Fsp3) is 0.125. The minimum atomic E-state index is -0.257. The summed E-state index contributed by atoms with van der Waals surface area (Å²) in [4.78, 5) is 11.9. The van der Waals surface area contributed by atoms with Crippen molar-refractivity contribution < 1.29 is 9.53 Å². The predicted octanol–water partition coefficient (Wildman–Crippen LogP) is 3.49. The van der Waals surface area contributed by atoms with Crippen LogP contribution in [0.1, 0.15) is 11.1 Å². The monoisotopic (exact) mass is 392 g/mol. The molecule has 0 unspecified atom stereocenters. The highest BCUT2D eigenvalue weighted by atomic mass is 127. The first-order valence-electron chi connectivity index (χ1n) is 6.28. The standard InChI is InChI=1S/C16H13IN2O2/c1-11-8-13(17)6-7-14(11)19-16(20)10-21-15-5-3-2-4-12(15)9-18/h2-8H,10H2,1H3,(H,19,20). The largest absolute Gasteiger partial charge is 0.482 e. The van der Waals surface area contributed by atoms with Crippen molar-refractivity contribution in [2.45, 2.75) is 6.92 Å². The summed E-state index contributed by atoms with van der Waals surface area (Å²) in [6.45, 7) is 1.80. The number of rotatable bonds is 4. The summed E-state index contributed by atoms with van der Waals surface area (Å²) >= 11 is 2.22. The number of carbonyl (C=O) groups excluding carboxylic acids is 1. The van der Waals surface area contributed by atoms with Gasteiger partial charge in [0.25, 0.3) is 5.91 Å². The molecule has 1 amide bonds. The van der Waals surface area contributed by atoms with Gasteiger partial charge >= 0.3 is 0 Å². The molecular weight excluding hydrogens is 379 g/mol. The van der Waals surface area contributed by atoms with Crippen molar-refractivity contribution in [3.63, 3.8) is 0 Å². The first kappa shape index (κ1) is 15.3. The van der Waals surface area contributed by atoms with Crippen LogP contribution >= 0.6 is 22.6 Å². The molecule has 0 radical (unpaired) electrons. The van der Waals surface area contributed by atoms with Crippen molar-refractivity contribution in [1.82, 2.24) is 0 Å². The van der Waals surface area contributed by atoms with E-state index < -0.39 is 0 Å². The summed E-state index contributed by atoms with van der Waals surface area (Å²) in [5, 5.41) is 11.7. The molecule has 21 heavy (non-hydrogen) atoms. The number of nitriles is 1. The number of hydrogen-bond donors (Lipinski definition) is 1. The quantitative estimate of drug-likeness (QED) is 0.811. The Morgan fingerprint density at radius 3 is 2.81 bits per heavy atom. The van der Waals surface area contributed by atoms with Gasteiger partial charge in [-0.1, -0.05) is 12.1 Å². The number of anilines is 1. The molecule has 0 bridgehead atoms. The highest BCUT2D eigenvalue weighted by Gasteiger charge is 2.08. The number of benzene rings is 2. The van der Waals surface area contributed by atoms with Gasteiger partial charge in [-0.3, -0.25) is 4.79 Å². The number of hydrogen-bond acceptors (Lipinski definition) is 3. The van der Waals surface area contributed by atoms with E-state index in [0.29, 0.717) is 11.3 Å². The molecule has 0 saturated heterocycles. The van der Waals surface area contributed by atoms with Crippen LogP contribution in [0.15, 0.2) is 42.5 Å². The van der Waals surface area contributed by atoms with Gasteiger partial charge in [-0.15, -0.1) is 0 Å². The zero-order valence-corrected chi connectivity index (χ0v) is 13.5. The third-order valence-electron chi connectivity index (χ3n) is 2.83. The zero-order chi connectivity index (χ0) is 15.2. The van der Waals surface area contributed by atoms with Crippen LogP contribution in [0.2, 0.25) is 0 Å². The Hall–Kier alpha value is -2.07. The molecule has 0 atom stereocenters. The Kier molecular flexibility index (Phi) is 5.17. The fourth-order valence-electron chi connectivity index (χ4n) is 1.78. The van der Waals surface area contributed by atoms with E-state index in [4.69, 9.17) is 10.00 Å². The molecule has 1 N–H and O–H groups in total. The van der Waals surface area contributed by atoms with Crippen LogP contribution in [-0.4, -0.2) is 12.5 Å². The molecule has 2 rings (SSSR count). The van der Waals surface area contributed by atoms with Gasteiger partial charge in [0.2, 0.25) is 0 Å². The van der Waals surface area contributed by atoms with Crippen LogP contribution in [-0.2, 0) is 4.79 Å². The molecule has 5 heteroatoms. The average molecular weight is 392 g/mol. The highest BCUT2D eigenvalue weighted by molar-refractivity contribution is 14.1. The van der Waals surface area contributed by atoms with Gasteiger partial charge in [0, 0.05) is 9.26 Å². The minimum absolute atomic E-state index is 0.135. The van der Waals surface area contributed by atoms with Crippen LogP contribution in [0, 0.1) is 21.8 Å². The summed E-state index contributed by atoms with van der Waals surface area (Å²) in [5.41, 5.74) is 2.17. The molecule has 106 valence electrons. The molecule has 0 saturated carbocycles. The first-order chi connectivity index (χ1) is 10.1. The Labute approximate surface area is 136 Å². The van der Waals surface area contributed by atoms with E-state index in [1.807, 2.05) is 31.2 Å². The maximum Gasteiger partial charge on any atom is 0.262 e. The van der Waals surface area contributed by atoms with Crippen molar-refractivity contribution in [3.05, 3.63) is 57.2 Å². The van der Waals surface area contributed by atoms with Gasteiger partial charge in [0.15, 0.2) is 6.61 Å². The Morgan fingerprint density at radius 1 is 1.33 bits per heavy atom. The van der Waals surface area contributed by atoms with Crippen molar-refractivity contribution in [1.29, 1.82) is 5.26 Å². The van der Waals surface area contributed by atoms with Gasteiger partial charge in [0.1, 0.15) is 11.8 Å². The third kappa shape index (κ3) is 4.20. The zero-order valence-electron chi connectivity index (χ0n) is 11.4. The van der Waals surface area contributed by atoms with Crippen LogP contribution < -0.4 is 10.1 Å². The SMILES string of the molecule is Cc1cc(I)ccc1NC(=O)COc1ccccc1C#N. The average Bonchev–Trinajstić information content (AvgIpc) is 2.48. The second-order valence-electron chi connectivity index (χ2n) is 4.40. The molecule has 0 fully saturated rings. The number of carbonyl (C=O) groups is 1. The van der Waals surface area contributed by atoms with Gasteiger partial charge in [-0.05, 0) is 65.4 Å². The topological polar surface area (TPSA) is 62.1 Å². The number of halogens is 1.